The fraction of sp³-hybridized carbons (Fsp3) is 0.429. The van der Waals surface area contributed by atoms with Crippen LogP contribution in [0.5, 0.6) is 0 Å². The highest BCUT2D eigenvalue weighted by atomic mass is 19.1. The van der Waals surface area contributed by atoms with Crippen molar-refractivity contribution in [3.63, 3.8) is 0 Å². The molecule has 2 aromatic rings. The van der Waals surface area contributed by atoms with Crippen LogP contribution in [0.1, 0.15) is 47.4 Å². The molecule has 3 atom stereocenters. The zero-order chi connectivity index (χ0) is 16.0. The molecule has 2 aromatic carbocycles. The standard InChI is InChI=1S/C21H24FN/c1-3-23-11-10-18-20(13-23)17-9-4-14(2)12-19(17)21(18)15-5-7-16(22)8-6-15/h4-9,12,18,20-21H,3,10-11,13H2,1-2H3/t18-,20-,21+/m1/s1. The average molecular weight is 309 g/mol. The molecule has 2 aliphatic rings. The van der Waals surface area contributed by atoms with Crippen molar-refractivity contribution in [1.82, 2.24) is 4.90 Å². The van der Waals surface area contributed by atoms with Gasteiger partial charge in [0, 0.05) is 18.4 Å². The Bertz CT molecular complexity index is 706. The molecule has 0 N–H and O–H groups in total. The second-order valence-corrected chi connectivity index (χ2v) is 7.11. The summed E-state index contributed by atoms with van der Waals surface area (Å²) in [6, 6.07) is 14.1. The fourth-order valence-corrected chi connectivity index (χ4v) is 4.68. The summed E-state index contributed by atoms with van der Waals surface area (Å²) in [5, 5.41) is 0. The lowest BCUT2D eigenvalue weighted by atomic mass is 9.78. The van der Waals surface area contributed by atoms with E-state index in [1.54, 1.807) is 12.1 Å². The second-order valence-electron chi connectivity index (χ2n) is 7.11. The largest absolute Gasteiger partial charge is 0.303 e. The molecular weight excluding hydrogens is 285 g/mol. The lowest BCUT2D eigenvalue weighted by Crippen LogP contribution is -2.38. The van der Waals surface area contributed by atoms with Gasteiger partial charge in [-0.2, -0.15) is 0 Å². The van der Waals surface area contributed by atoms with Gasteiger partial charge < -0.3 is 4.90 Å². The van der Waals surface area contributed by atoms with Crippen molar-refractivity contribution in [3.05, 3.63) is 70.5 Å². The van der Waals surface area contributed by atoms with E-state index in [4.69, 9.17) is 0 Å². The van der Waals surface area contributed by atoms with Crippen molar-refractivity contribution in [2.24, 2.45) is 5.92 Å². The summed E-state index contributed by atoms with van der Waals surface area (Å²) < 4.78 is 13.4. The molecule has 0 unspecified atom stereocenters. The van der Waals surface area contributed by atoms with Gasteiger partial charge in [0.05, 0.1) is 0 Å². The predicted molar refractivity (Wildman–Crippen MR) is 92.4 cm³/mol. The minimum atomic E-state index is -0.145. The Labute approximate surface area is 138 Å². The van der Waals surface area contributed by atoms with Crippen molar-refractivity contribution < 1.29 is 4.39 Å². The molecule has 1 saturated heterocycles. The van der Waals surface area contributed by atoms with E-state index >= 15 is 0 Å². The highest BCUT2D eigenvalue weighted by Gasteiger charge is 2.43. The van der Waals surface area contributed by atoms with E-state index in [2.05, 4.69) is 36.9 Å². The van der Waals surface area contributed by atoms with Crippen LogP contribution in [0.25, 0.3) is 0 Å². The number of halogens is 1. The van der Waals surface area contributed by atoms with E-state index in [1.807, 2.05) is 12.1 Å². The van der Waals surface area contributed by atoms with E-state index < -0.39 is 0 Å². The molecule has 0 amide bonds. The number of fused-ring (bicyclic) bond motifs is 3. The van der Waals surface area contributed by atoms with E-state index in [0.29, 0.717) is 17.8 Å². The van der Waals surface area contributed by atoms with Crippen LogP contribution in [0.15, 0.2) is 42.5 Å². The van der Waals surface area contributed by atoms with Crippen LogP contribution in [0.4, 0.5) is 4.39 Å². The highest BCUT2D eigenvalue weighted by Crippen LogP contribution is 2.53. The van der Waals surface area contributed by atoms with Crippen LogP contribution in [0.3, 0.4) is 0 Å². The van der Waals surface area contributed by atoms with Gasteiger partial charge in [0.25, 0.3) is 0 Å². The Hall–Kier alpha value is -1.67. The van der Waals surface area contributed by atoms with Gasteiger partial charge in [-0.25, -0.2) is 4.39 Å². The normalized spacial score (nSPS) is 26.8. The van der Waals surface area contributed by atoms with Crippen molar-refractivity contribution in [2.45, 2.75) is 32.1 Å². The van der Waals surface area contributed by atoms with Crippen molar-refractivity contribution in [3.8, 4) is 0 Å². The van der Waals surface area contributed by atoms with Gasteiger partial charge in [-0.05, 0) is 61.2 Å². The third-order valence-electron chi connectivity index (χ3n) is 5.83. The topological polar surface area (TPSA) is 3.24 Å². The summed E-state index contributed by atoms with van der Waals surface area (Å²) in [6.07, 6.45) is 1.23. The summed E-state index contributed by atoms with van der Waals surface area (Å²) in [5.74, 6) is 1.55. The van der Waals surface area contributed by atoms with Crippen molar-refractivity contribution in [1.29, 1.82) is 0 Å². The Balaban J connectivity index is 1.80. The molecule has 1 heterocycles. The molecule has 120 valence electrons. The van der Waals surface area contributed by atoms with Gasteiger partial charge in [0.1, 0.15) is 5.82 Å². The van der Waals surface area contributed by atoms with Gasteiger partial charge >= 0.3 is 0 Å². The predicted octanol–water partition coefficient (Wildman–Crippen LogP) is 4.71. The Morgan fingerprint density at radius 1 is 1.09 bits per heavy atom. The van der Waals surface area contributed by atoms with Crippen LogP contribution in [-0.2, 0) is 0 Å². The quantitative estimate of drug-likeness (QED) is 0.777. The highest BCUT2D eigenvalue weighted by molar-refractivity contribution is 5.48. The lowest BCUT2D eigenvalue weighted by Gasteiger charge is -2.37. The van der Waals surface area contributed by atoms with Gasteiger partial charge in [-0.1, -0.05) is 42.8 Å². The zero-order valence-corrected chi connectivity index (χ0v) is 13.9. The van der Waals surface area contributed by atoms with Gasteiger partial charge in [0.15, 0.2) is 0 Å². The number of likely N-dealkylation sites (N-methyl/N-ethyl adjacent to an activating group) is 1. The minimum Gasteiger partial charge on any atom is -0.303 e. The zero-order valence-electron chi connectivity index (χ0n) is 13.9. The fourth-order valence-electron chi connectivity index (χ4n) is 4.68. The molecule has 0 saturated carbocycles. The first kappa shape index (κ1) is 14.9. The van der Waals surface area contributed by atoms with E-state index in [1.165, 1.54) is 35.2 Å². The van der Waals surface area contributed by atoms with Gasteiger partial charge in [-0.3, -0.25) is 0 Å². The second kappa shape index (κ2) is 5.76. The van der Waals surface area contributed by atoms with Crippen LogP contribution in [0.2, 0.25) is 0 Å². The molecule has 2 heteroatoms. The average Bonchev–Trinajstić information content (AvgIpc) is 2.88. The molecule has 0 spiro atoms. The van der Waals surface area contributed by atoms with Crippen molar-refractivity contribution in [2.75, 3.05) is 19.6 Å². The molecule has 0 radical (unpaired) electrons. The summed E-state index contributed by atoms with van der Waals surface area (Å²) in [4.78, 5) is 2.57. The van der Waals surface area contributed by atoms with Crippen LogP contribution < -0.4 is 0 Å². The molecule has 0 bridgehead atoms. The first-order valence-electron chi connectivity index (χ1n) is 8.75. The van der Waals surface area contributed by atoms with Crippen LogP contribution in [0, 0.1) is 18.7 Å². The monoisotopic (exact) mass is 309 g/mol. The Morgan fingerprint density at radius 3 is 2.61 bits per heavy atom. The van der Waals surface area contributed by atoms with Gasteiger partial charge in [0.2, 0.25) is 0 Å². The third-order valence-corrected chi connectivity index (χ3v) is 5.83. The number of hydrogen-bond donors (Lipinski definition) is 0. The maximum atomic E-state index is 13.4. The maximum Gasteiger partial charge on any atom is 0.123 e. The summed E-state index contributed by atoms with van der Waals surface area (Å²) in [5.41, 5.74) is 5.59. The number of benzene rings is 2. The summed E-state index contributed by atoms with van der Waals surface area (Å²) in [7, 11) is 0. The van der Waals surface area contributed by atoms with E-state index in [-0.39, 0.29) is 5.82 Å². The summed E-state index contributed by atoms with van der Waals surface area (Å²) >= 11 is 0. The molecular formula is C21H24FN. The lowest BCUT2D eigenvalue weighted by molar-refractivity contribution is 0.167. The molecule has 23 heavy (non-hydrogen) atoms. The maximum absolute atomic E-state index is 13.4. The molecule has 0 aromatic heterocycles. The van der Waals surface area contributed by atoms with Gasteiger partial charge in [-0.15, -0.1) is 0 Å². The number of hydrogen-bond acceptors (Lipinski definition) is 1. The Morgan fingerprint density at radius 2 is 1.87 bits per heavy atom. The minimum absolute atomic E-state index is 0.145. The molecule has 4 rings (SSSR count). The molecule has 1 aliphatic carbocycles. The molecule has 1 nitrogen and oxygen atoms in total. The number of aryl methyl sites for hydroxylation is 1. The first-order valence-corrected chi connectivity index (χ1v) is 8.75. The number of likely N-dealkylation sites (tertiary alicyclic amines) is 1. The first-order chi connectivity index (χ1) is 11.2. The molecule has 1 fully saturated rings. The van der Waals surface area contributed by atoms with Crippen molar-refractivity contribution >= 4 is 0 Å². The summed E-state index contributed by atoms with van der Waals surface area (Å²) in [6.45, 7) is 7.90. The third kappa shape index (κ3) is 2.49. The SMILES string of the molecule is CCN1CC[C@H]2[C@H](c3ccc(F)cc3)c3cc(C)ccc3[C@H]2C1. The van der Waals surface area contributed by atoms with Crippen LogP contribution in [-0.4, -0.2) is 24.5 Å². The number of rotatable bonds is 2. The molecule has 1 aliphatic heterocycles. The number of nitrogens with zero attached hydrogens (tertiary/aromatic N) is 1. The van der Waals surface area contributed by atoms with E-state index in [0.717, 1.165) is 13.1 Å². The number of piperidine rings is 1. The van der Waals surface area contributed by atoms with E-state index in [9.17, 15) is 4.39 Å². The smallest absolute Gasteiger partial charge is 0.123 e. The Kier molecular flexibility index (Phi) is 3.73. The van der Waals surface area contributed by atoms with Crippen LogP contribution >= 0.6 is 0 Å².